The lowest BCUT2D eigenvalue weighted by Gasteiger charge is -2.14. The van der Waals surface area contributed by atoms with Gasteiger partial charge in [-0.3, -0.25) is 0 Å². The van der Waals surface area contributed by atoms with Crippen LogP contribution >= 0.6 is 0 Å². The third-order valence-electron chi connectivity index (χ3n) is 2.57. The van der Waals surface area contributed by atoms with Gasteiger partial charge in [-0.25, -0.2) is 18.1 Å². The minimum Gasteiger partial charge on any atom is -0.377 e. The Hall–Kier alpha value is -1.86. The maximum absolute atomic E-state index is 12.3. The lowest BCUT2D eigenvalue weighted by atomic mass is 10.3. The van der Waals surface area contributed by atoms with Gasteiger partial charge >= 0.3 is 0 Å². The molecule has 0 bridgehead atoms. The van der Waals surface area contributed by atoms with Crippen molar-refractivity contribution in [1.82, 2.24) is 14.7 Å². The molecular weight excluding hydrogens is 276 g/mol. The quantitative estimate of drug-likeness (QED) is 0.757. The van der Waals surface area contributed by atoms with Gasteiger partial charge in [0.1, 0.15) is 10.7 Å². The molecule has 2 rings (SSSR count). The summed E-state index contributed by atoms with van der Waals surface area (Å²) in [4.78, 5) is 7.28. The molecule has 1 aromatic heterocycles. The van der Waals surface area contributed by atoms with Crippen molar-refractivity contribution >= 4 is 15.7 Å². The third kappa shape index (κ3) is 3.58. The highest BCUT2D eigenvalue weighted by atomic mass is 32.2. The lowest BCUT2D eigenvalue weighted by Crippen LogP contribution is -2.30. The number of imidazole rings is 1. The molecule has 0 amide bonds. The zero-order valence-corrected chi connectivity index (χ0v) is 12.2. The highest BCUT2D eigenvalue weighted by Crippen LogP contribution is 2.21. The Kier molecular flexibility index (Phi) is 4.41. The van der Waals surface area contributed by atoms with Gasteiger partial charge in [0.05, 0.1) is 12.2 Å². The van der Waals surface area contributed by atoms with Crippen molar-refractivity contribution in [3.63, 3.8) is 0 Å². The number of nitrogens with one attached hydrogen (secondary N) is 3. The highest BCUT2D eigenvalue weighted by Gasteiger charge is 2.18. The molecule has 0 aliphatic carbocycles. The zero-order valence-electron chi connectivity index (χ0n) is 11.4. The maximum Gasteiger partial charge on any atom is 0.242 e. The van der Waals surface area contributed by atoms with Gasteiger partial charge < -0.3 is 10.3 Å². The van der Waals surface area contributed by atoms with E-state index in [4.69, 9.17) is 0 Å². The molecule has 7 heteroatoms. The number of para-hydroxylation sites is 1. The number of aromatic amines is 1. The molecule has 0 aliphatic rings. The molecule has 20 heavy (non-hydrogen) atoms. The van der Waals surface area contributed by atoms with Crippen molar-refractivity contribution in [1.29, 1.82) is 0 Å². The van der Waals surface area contributed by atoms with E-state index in [-0.39, 0.29) is 10.9 Å². The van der Waals surface area contributed by atoms with Crippen molar-refractivity contribution in [3.8, 4) is 0 Å². The molecular formula is C13H18N4O2S. The summed E-state index contributed by atoms with van der Waals surface area (Å²) in [6.45, 7) is 4.01. The van der Waals surface area contributed by atoms with Crippen molar-refractivity contribution in [3.05, 3.63) is 42.5 Å². The van der Waals surface area contributed by atoms with Crippen LogP contribution in [0, 0.1) is 0 Å². The minimum atomic E-state index is -3.52. The highest BCUT2D eigenvalue weighted by molar-refractivity contribution is 7.89. The van der Waals surface area contributed by atoms with Crippen LogP contribution in [-0.2, 0) is 16.6 Å². The fraction of sp³-hybridized carbons (Fsp3) is 0.308. The Labute approximate surface area is 118 Å². The molecule has 0 saturated carbocycles. The Morgan fingerprint density at radius 2 is 2.05 bits per heavy atom. The summed E-state index contributed by atoms with van der Waals surface area (Å²) in [6.07, 6.45) is 3.37. The van der Waals surface area contributed by atoms with Crippen molar-refractivity contribution in [2.75, 3.05) is 5.32 Å². The predicted octanol–water partition coefficient (Wildman–Crippen LogP) is 1.71. The standard InChI is InChI=1S/C13H18N4O2S/c1-10(2)17-20(18,19)12-6-4-3-5-11(12)16-9-13-14-7-8-15-13/h3-8,10,16-17H,9H2,1-2H3,(H,14,15). The first-order valence-corrected chi connectivity index (χ1v) is 7.81. The molecule has 0 unspecified atom stereocenters. The van der Waals surface area contributed by atoms with E-state index >= 15 is 0 Å². The molecule has 2 aromatic rings. The summed E-state index contributed by atoms with van der Waals surface area (Å²) in [5, 5.41) is 3.08. The van der Waals surface area contributed by atoms with Gasteiger partial charge in [0.2, 0.25) is 10.0 Å². The Morgan fingerprint density at radius 1 is 1.30 bits per heavy atom. The van der Waals surface area contributed by atoms with E-state index in [0.717, 1.165) is 5.82 Å². The monoisotopic (exact) mass is 294 g/mol. The number of anilines is 1. The van der Waals surface area contributed by atoms with E-state index in [1.54, 1.807) is 50.5 Å². The van der Waals surface area contributed by atoms with Gasteiger partial charge in [-0.15, -0.1) is 0 Å². The molecule has 3 N–H and O–H groups in total. The average Bonchev–Trinajstić information content (AvgIpc) is 2.88. The number of rotatable bonds is 6. The fourth-order valence-electron chi connectivity index (χ4n) is 1.79. The molecule has 1 aromatic carbocycles. The average molecular weight is 294 g/mol. The molecule has 108 valence electrons. The number of sulfonamides is 1. The van der Waals surface area contributed by atoms with Gasteiger partial charge in [-0.05, 0) is 26.0 Å². The van der Waals surface area contributed by atoms with Crippen LogP contribution in [0.15, 0.2) is 41.6 Å². The van der Waals surface area contributed by atoms with E-state index < -0.39 is 10.0 Å². The van der Waals surface area contributed by atoms with Gasteiger partial charge in [0, 0.05) is 18.4 Å². The summed E-state index contributed by atoms with van der Waals surface area (Å²) in [5.41, 5.74) is 0.553. The van der Waals surface area contributed by atoms with Crippen LogP contribution in [0.1, 0.15) is 19.7 Å². The van der Waals surface area contributed by atoms with Gasteiger partial charge in [0.15, 0.2) is 0 Å². The van der Waals surface area contributed by atoms with E-state index in [2.05, 4.69) is 20.0 Å². The Bertz CT molecular complexity index is 651. The van der Waals surface area contributed by atoms with Crippen LogP contribution in [-0.4, -0.2) is 24.4 Å². The SMILES string of the molecule is CC(C)NS(=O)(=O)c1ccccc1NCc1ncc[nH]1. The topological polar surface area (TPSA) is 86.9 Å². The Balaban J connectivity index is 2.22. The largest absolute Gasteiger partial charge is 0.377 e. The first kappa shape index (κ1) is 14.5. The molecule has 6 nitrogen and oxygen atoms in total. The van der Waals surface area contributed by atoms with Gasteiger partial charge in [-0.1, -0.05) is 12.1 Å². The molecule has 1 heterocycles. The van der Waals surface area contributed by atoms with E-state index in [1.165, 1.54) is 0 Å². The summed E-state index contributed by atoms with van der Waals surface area (Å²) in [7, 11) is -3.52. The molecule has 0 saturated heterocycles. The Morgan fingerprint density at radius 3 is 2.70 bits per heavy atom. The zero-order chi connectivity index (χ0) is 14.6. The molecule has 0 radical (unpaired) electrons. The summed E-state index contributed by atoms with van der Waals surface area (Å²) in [6, 6.07) is 6.65. The van der Waals surface area contributed by atoms with Gasteiger partial charge in [0.25, 0.3) is 0 Å². The second-order valence-corrected chi connectivity index (χ2v) is 6.34. The number of benzene rings is 1. The van der Waals surface area contributed by atoms with Crippen molar-refractivity contribution in [2.24, 2.45) is 0 Å². The van der Waals surface area contributed by atoms with Crippen LogP contribution < -0.4 is 10.0 Å². The smallest absolute Gasteiger partial charge is 0.242 e. The lowest BCUT2D eigenvalue weighted by molar-refractivity contribution is 0.570. The predicted molar refractivity (Wildman–Crippen MR) is 77.8 cm³/mol. The summed E-state index contributed by atoms with van der Waals surface area (Å²) >= 11 is 0. The van der Waals surface area contributed by atoms with Crippen LogP contribution in [0.25, 0.3) is 0 Å². The van der Waals surface area contributed by atoms with E-state index in [0.29, 0.717) is 12.2 Å². The molecule has 0 fully saturated rings. The maximum atomic E-state index is 12.3. The fourth-order valence-corrected chi connectivity index (χ4v) is 3.23. The van der Waals surface area contributed by atoms with Gasteiger partial charge in [-0.2, -0.15) is 0 Å². The number of H-pyrrole nitrogens is 1. The normalized spacial score (nSPS) is 11.8. The summed E-state index contributed by atoms with van der Waals surface area (Å²) < 4.78 is 27.1. The number of hydrogen-bond donors (Lipinski definition) is 3. The molecule has 0 spiro atoms. The second-order valence-electron chi connectivity index (χ2n) is 4.66. The van der Waals surface area contributed by atoms with Crippen molar-refractivity contribution < 1.29 is 8.42 Å². The minimum absolute atomic E-state index is 0.155. The number of aromatic nitrogens is 2. The van der Waals surface area contributed by atoms with Crippen LogP contribution in [0.2, 0.25) is 0 Å². The summed E-state index contributed by atoms with van der Waals surface area (Å²) in [5.74, 6) is 0.744. The van der Waals surface area contributed by atoms with E-state index in [9.17, 15) is 8.42 Å². The number of hydrogen-bond acceptors (Lipinski definition) is 4. The first-order chi connectivity index (χ1) is 9.49. The third-order valence-corrected chi connectivity index (χ3v) is 4.29. The molecule has 0 aliphatic heterocycles. The van der Waals surface area contributed by atoms with E-state index in [1.807, 2.05) is 0 Å². The first-order valence-electron chi connectivity index (χ1n) is 6.32. The number of nitrogens with zero attached hydrogens (tertiary/aromatic N) is 1. The molecule has 0 atom stereocenters. The van der Waals surface area contributed by atoms with Crippen LogP contribution in [0.4, 0.5) is 5.69 Å². The van der Waals surface area contributed by atoms with Crippen LogP contribution in [0.5, 0.6) is 0 Å². The van der Waals surface area contributed by atoms with Crippen molar-refractivity contribution in [2.45, 2.75) is 31.3 Å². The second kappa shape index (κ2) is 6.06. The van der Waals surface area contributed by atoms with Crippen LogP contribution in [0.3, 0.4) is 0 Å².